The van der Waals surface area contributed by atoms with Gasteiger partial charge in [0.1, 0.15) is 0 Å². The summed E-state index contributed by atoms with van der Waals surface area (Å²) in [6.07, 6.45) is 2.57. The Labute approximate surface area is 143 Å². The second-order valence-corrected chi connectivity index (χ2v) is 7.79. The lowest BCUT2D eigenvalue weighted by atomic mass is 9.68. The number of carbonyl (C=O) groups excluding carboxylic acids is 1. The first-order valence-corrected chi connectivity index (χ1v) is 8.78. The number of ketones is 1. The molecule has 1 nitrogen and oxygen atoms in total. The van der Waals surface area contributed by atoms with Gasteiger partial charge in [-0.3, -0.25) is 4.79 Å². The largest absolute Gasteiger partial charge is 0.294 e. The summed E-state index contributed by atoms with van der Waals surface area (Å²) in [6, 6.07) is 19.1. The monoisotopic (exact) mass is 362 g/mol. The summed E-state index contributed by atoms with van der Waals surface area (Å²) in [4.78, 5) is 13.2. The molecule has 0 saturated carbocycles. The molecular formula is C21H15BrO. The molecule has 0 heterocycles. The predicted octanol–water partition coefficient (Wildman–Crippen LogP) is 5.13. The Morgan fingerprint density at radius 3 is 2.17 bits per heavy atom. The molecule has 3 aromatic carbocycles. The van der Waals surface area contributed by atoms with Crippen molar-refractivity contribution in [3.8, 4) is 0 Å². The third kappa shape index (κ3) is 1.82. The van der Waals surface area contributed by atoms with Crippen LogP contribution in [-0.2, 0) is 19.3 Å². The summed E-state index contributed by atoms with van der Waals surface area (Å²) in [5.41, 5.74) is 4.47. The average Bonchev–Trinajstić information content (AvgIpc) is 2.80. The lowest BCUT2D eigenvalue weighted by molar-refractivity contribution is 0.0814. The maximum Gasteiger partial charge on any atom is 0.170 e. The highest BCUT2D eigenvalue weighted by Gasteiger charge is 2.47. The fraction of sp³-hybridized carbons (Fsp3) is 0.190. The van der Waals surface area contributed by atoms with Gasteiger partial charge in [0.2, 0.25) is 0 Å². The molecule has 0 aromatic heterocycles. The van der Waals surface area contributed by atoms with E-state index >= 15 is 0 Å². The molecule has 0 bridgehead atoms. The van der Waals surface area contributed by atoms with E-state index in [4.69, 9.17) is 0 Å². The first kappa shape index (κ1) is 13.5. The first-order chi connectivity index (χ1) is 11.2. The molecule has 3 aromatic rings. The zero-order chi connectivity index (χ0) is 15.6. The zero-order valence-corrected chi connectivity index (χ0v) is 14.2. The maximum absolute atomic E-state index is 13.2. The van der Waals surface area contributed by atoms with E-state index in [0.29, 0.717) is 5.78 Å². The van der Waals surface area contributed by atoms with Gasteiger partial charge in [0.25, 0.3) is 0 Å². The fourth-order valence-corrected chi connectivity index (χ4v) is 4.88. The molecule has 1 spiro atoms. The molecule has 5 rings (SSSR count). The minimum absolute atomic E-state index is 0.286. The van der Waals surface area contributed by atoms with E-state index in [1.807, 2.05) is 12.1 Å². The summed E-state index contributed by atoms with van der Waals surface area (Å²) in [7, 11) is 0. The Balaban J connectivity index is 1.69. The standard InChI is InChI=1S/C21H15BrO/c22-17-8-7-14-10-21(20(23)18(14)9-17)11-15-5-1-3-13-4-2-6-16(12-21)19(13)15/h1-9H,10-12H2. The Morgan fingerprint density at radius 2 is 1.48 bits per heavy atom. The Kier molecular flexibility index (Phi) is 2.67. The van der Waals surface area contributed by atoms with Gasteiger partial charge in [-0.1, -0.05) is 58.4 Å². The normalized spacial score (nSPS) is 17.7. The second-order valence-electron chi connectivity index (χ2n) is 6.87. The molecule has 0 saturated heterocycles. The van der Waals surface area contributed by atoms with Crippen molar-refractivity contribution >= 4 is 32.5 Å². The fourth-order valence-electron chi connectivity index (χ4n) is 4.52. The van der Waals surface area contributed by atoms with Crippen LogP contribution in [0.2, 0.25) is 0 Å². The summed E-state index contributed by atoms with van der Waals surface area (Å²) < 4.78 is 0.986. The van der Waals surface area contributed by atoms with Crippen molar-refractivity contribution in [2.45, 2.75) is 19.3 Å². The van der Waals surface area contributed by atoms with Crippen LogP contribution in [0.25, 0.3) is 10.8 Å². The summed E-state index contributed by atoms with van der Waals surface area (Å²) in [5, 5.41) is 2.66. The van der Waals surface area contributed by atoms with Gasteiger partial charge in [0.05, 0.1) is 0 Å². The number of fused-ring (bicyclic) bond motifs is 1. The van der Waals surface area contributed by atoms with Crippen LogP contribution in [0, 0.1) is 5.41 Å². The number of hydrogen-bond donors (Lipinski definition) is 0. The van der Waals surface area contributed by atoms with E-state index in [9.17, 15) is 4.79 Å². The van der Waals surface area contributed by atoms with Crippen LogP contribution < -0.4 is 0 Å². The van der Waals surface area contributed by atoms with Crippen molar-refractivity contribution in [3.63, 3.8) is 0 Å². The van der Waals surface area contributed by atoms with E-state index < -0.39 is 0 Å². The topological polar surface area (TPSA) is 17.1 Å². The molecule has 2 heteroatoms. The van der Waals surface area contributed by atoms with Crippen molar-refractivity contribution in [1.82, 2.24) is 0 Å². The van der Waals surface area contributed by atoms with Gasteiger partial charge < -0.3 is 0 Å². The van der Waals surface area contributed by atoms with Crippen LogP contribution in [0.4, 0.5) is 0 Å². The molecule has 0 unspecified atom stereocenters. The van der Waals surface area contributed by atoms with E-state index in [-0.39, 0.29) is 5.41 Å². The third-order valence-electron chi connectivity index (χ3n) is 5.46. The van der Waals surface area contributed by atoms with Gasteiger partial charge in [0.15, 0.2) is 5.78 Å². The summed E-state index contributed by atoms with van der Waals surface area (Å²) in [6.45, 7) is 0. The molecule has 2 aliphatic carbocycles. The van der Waals surface area contributed by atoms with Gasteiger partial charge in [-0.15, -0.1) is 0 Å². The Hall–Kier alpha value is -1.93. The number of rotatable bonds is 0. The molecule has 0 fully saturated rings. The lowest BCUT2D eigenvalue weighted by Gasteiger charge is -2.33. The van der Waals surface area contributed by atoms with E-state index in [2.05, 4.69) is 58.4 Å². The van der Waals surface area contributed by atoms with Crippen LogP contribution in [0.1, 0.15) is 27.0 Å². The second kappa shape index (κ2) is 4.55. The van der Waals surface area contributed by atoms with E-state index in [1.54, 1.807) is 0 Å². The van der Waals surface area contributed by atoms with Gasteiger partial charge in [-0.05, 0) is 58.9 Å². The SMILES string of the molecule is O=C1c2cc(Br)ccc2CC12Cc1cccc3cccc(c13)C2. The van der Waals surface area contributed by atoms with Crippen molar-refractivity contribution in [2.24, 2.45) is 5.41 Å². The van der Waals surface area contributed by atoms with Gasteiger partial charge in [-0.25, -0.2) is 0 Å². The van der Waals surface area contributed by atoms with E-state index in [0.717, 1.165) is 29.3 Å². The van der Waals surface area contributed by atoms with Crippen LogP contribution in [0.15, 0.2) is 59.1 Å². The third-order valence-corrected chi connectivity index (χ3v) is 5.96. The molecule has 0 amide bonds. The highest BCUT2D eigenvalue weighted by Crippen LogP contribution is 2.47. The smallest absolute Gasteiger partial charge is 0.170 e. The predicted molar refractivity (Wildman–Crippen MR) is 96.0 cm³/mol. The van der Waals surface area contributed by atoms with Gasteiger partial charge in [0, 0.05) is 15.5 Å². The summed E-state index contributed by atoms with van der Waals surface area (Å²) in [5.74, 6) is 0.320. The number of hydrogen-bond acceptors (Lipinski definition) is 1. The number of halogens is 1. The Bertz CT molecular complexity index is 946. The molecule has 2 aliphatic rings. The maximum atomic E-state index is 13.2. The number of carbonyl (C=O) groups is 1. The van der Waals surface area contributed by atoms with Gasteiger partial charge >= 0.3 is 0 Å². The minimum atomic E-state index is -0.286. The number of benzene rings is 3. The lowest BCUT2D eigenvalue weighted by Crippen LogP contribution is -2.35. The number of Topliss-reactive ketones (excluding diaryl/α,β-unsaturated/α-hetero) is 1. The molecule has 0 atom stereocenters. The average molecular weight is 363 g/mol. The van der Waals surface area contributed by atoms with Gasteiger partial charge in [-0.2, -0.15) is 0 Å². The first-order valence-electron chi connectivity index (χ1n) is 7.99. The molecule has 0 N–H and O–H groups in total. The van der Waals surface area contributed by atoms with Crippen molar-refractivity contribution < 1.29 is 4.79 Å². The zero-order valence-electron chi connectivity index (χ0n) is 12.6. The molecule has 0 aliphatic heterocycles. The van der Waals surface area contributed by atoms with E-state index in [1.165, 1.54) is 27.5 Å². The quantitative estimate of drug-likeness (QED) is 0.541. The van der Waals surface area contributed by atoms with Crippen LogP contribution in [0.5, 0.6) is 0 Å². The van der Waals surface area contributed by atoms with Crippen LogP contribution in [-0.4, -0.2) is 5.78 Å². The van der Waals surface area contributed by atoms with Crippen molar-refractivity contribution in [3.05, 3.63) is 81.3 Å². The minimum Gasteiger partial charge on any atom is -0.294 e. The Morgan fingerprint density at radius 1 is 0.826 bits per heavy atom. The van der Waals surface area contributed by atoms with Crippen molar-refractivity contribution in [2.75, 3.05) is 0 Å². The summed E-state index contributed by atoms with van der Waals surface area (Å²) >= 11 is 3.50. The highest BCUT2D eigenvalue weighted by molar-refractivity contribution is 9.10. The highest BCUT2D eigenvalue weighted by atomic mass is 79.9. The van der Waals surface area contributed by atoms with Crippen molar-refractivity contribution in [1.29, 1.82) is 0 Å². The van der Waals surface area contributed by atoms with Crippen LogP contribution in [0.3, 0.4) is 0 Å². The van der Waals surface area contributed by atoms with Crippen LogP contribution >= 0.6 is 15.9 Å². The molecule has 112 valence electrons. The molecule has 0 radical (unpaired) electrons. The molecular weight excluding hydrogens is 348 g/mol. The molecule has 23 heavy (non-hydrogen) atoms.